The van der Waals surface area contributed by atoms with Crippen LogP contribution in [0, 0.1) is 5.82 Å². The monoisotopic (exact) mass is 364 g/mol. The van der Waals surface area contributed by atoms with Gasteiger partial charge in [0.2, 0.25) is 0 Å². The molecular weight excluding hydrogens is 351 g/mol. The van der Waals surface area contributed by atoms with Crippen molar-refractivity contribution in [3.05, 3.63) is 88.5 Å². The second-order valence-electron chi connectivity index (χ2n) is 5.64. The van der Waals surface area contributed by atoms with Crippen LogP contribution in [0.5, 0.6) is 0 Å². The SMILES string of the molecule is O=C1C(Nc2ccccc2)=C(c2cccs2)C(=O)N1c1ccc(F)cc1. The molecule has 1 aliphatic heterocycles. The summed E-state index contributed by atoms with van der Waals surface area (Å²) in [5.74, 6) is -1.32. The fourth-order valence-corrected chi connectivity index (χ4v) is 3.55. The molecule has 0 unspecified atom stereocenters. The normalized spacial score (nSPS) is 14.3. The van der Waals surface area contributed by atoms with Gasteiger partial charge in [-0.15, -0.1) is 11.3 Å². The number of para-hydroxylation sites is 1. The molecular formula is C20H13FN2O2S. The lowest BCUT2D eigenvalue weighted by atomic mass is 10.2. The zero-order valence-corrected chi connectivity index (χ0v) is 14.3. The maximum atomic E-state index is 13.2. The van der Waals surface area contributed by atoms with Crippen molar-refractivity contribution in [2.45, 2.75) is 0 Å². The molecule has 2 amide bonds. The Bertz CT molecular complexity index is 996. The molecule has 0 aliphatic carbocycles. The predicted molar refractivity (Wildman–Crippen MR) is 100 cm³/mol. The number of anilines is 2. The number of amides is 2. The second kappa shape index (κ2) is 6.57. The van der Waals surface area contributed by atoms with E-state index in [0.717, 1.165) is 4.90 Å². The van der Waals surface area contributed by atoms with Crippen molar-refractivity contribution in [2.75, 3.05) is 10.2 Å². The first-order valence-electron chi connectivity index (χ1n) is 7.90. The Balaban J connectivity index is 1.79. The summed E-state index contributed by atoms with van der Waals surface area (Å²) in [5, 5.41) is 4.92. The van der Waals surface area contributed by atoms with Gasteiger partial charge in [0.1, 0.15) is 11.5 Å². The molecule has 26 heavy (non-hydrogen) atoms. The van der Waals surface area contributed by atoms with E-state index in [1.165, 1.54) is 35.6 Å². The molecule has 2 aromatic carbocycles. The second-order valence-corrected chi connectivity index (χ2v) is 6.59. The van der Waals surface area contributed by atoms with Gasteiger partial charge in [-0.05, 0) is 47.8 Å². The number of carbonyl (C=O) groups excluding carboxylic acids is 2. The highest BCUT2D eigenvalue weighted by molar-refractivity contribution is 7.11. The van der Waals surface area contributed by atoms with E-state index in [1.54, 1.807) is 6.07 Å². The summed E-state index contributed by atoms with van der Waals surface area (Å²) in [4.78, 5) is 27.8. The third kappa shape index (κ3) is 2.80. The minimum absolute atomic E-state index is 0.216. The van der Waals surface area contributed by atoms with Crippen molar-refractivity contribution in [2.24, 2.45) is 0 Å². The number of halogens is 1. The molecule has 128 valence electrons. The van der Waals surface area contributed by atoms with E-state index in [9.17, 15) is 14.0 Å². The molecule has 0 fully saturated rings. The molecule has 1 aliphatic rings. The van der Waals surface area contributed by atoms with Crippen LogP contribution in [0.3, 0.4) is 0 Å². The van der Waals surface area contributed by atoms with Gasteiger partial charge >= 0.3 is 0 Å². The number of nitrogens with one attached hydrogen (secondary N) is 1. The van der Waals surface area contributed by atoms with Crippen LogP contribution in [0.25, 0.3) is 5.57 Å². The summed E-state index contributed by atoms with van der Waals surface area (Å²) in [6.07, 6.45) is 0. The smallest absolute Gasteiger partial charge is 0.282 e. The van der Waals surface area contributed by atoms with Crippen LogP contribution in [0.1, 0.15) is 4.88 Å². The number of carbonyl (C=O) groups is 2. The number of nitrogens with zero attached hydrogens (tertiary/aromatic N) is 1. The van der Waals surface area contributed by atoms with Gasteiger partial charge < -0.3 is 5.32 Å². The molecule has 1 N–H and O–H groups in total. The largest absolute Gasteiger partial charge is 0.350 e. The van der Waals surface area contributed by atoms with Crippen molar-refractivity contribution in [3.8, 4) is 0 Å². The summed E-state index contributed by atoms with van der Waals surface area (Å²) in [7, 11) is 0. The van der Waals surface area contributed by atoms with E-state index in [2.05, 4.69) is 5.32 Å². The summed E-state index contributed by atoms with van der Waals surface area (Å²) in [6, 6.07) is 18.1. The van der Waals surface area contributed by atoms with Crippen molar-refractivity contribution < 1.29 is 14.0 Å². The van der Waals surface area contributed by atoms with Crippen LogP contribution in [0.15, 0.2) is 77.8 Å². The lowest BCUT2D eigenvalue weighted by Gasteiger charge is -2.15. The molecule has 3 aromatic rings. The minimum atomic E-state index is -0.464. The molecule has 4 rings (SSSR count). The highest BCUT2D eigenvalue weighted by Gasteiger charge is 2.40. The van der Waals surface area contributed by atoms with Crippen LogP contribution in [0.2, 0.25) is 0 Å². The maximum absolute atomic E-state index is 13.2. The lowest BCUT2D eigenvalue weighted by molar-refractivity contribution is -0.120. The van der Waals surface area contributed by atoms with Crippen molar-refractivity contribution in [1.29, 1.82) is 0 Å². The number of benzene rings is 2. The standard InChI is InChI=1S/C20H13FN2O2S/c21-13-8-10-15(11-9-13)23-19(24)17(16-7-4-12-26-16)18(20(23)25)22-14-5-2-1-3-6-14/h1-12,22H. The Morgan fingerprint density at radius 2 is 1.58 bits per heavy atom. The molecule has 0 bridgehead atoms. The van der Waals surface area contributed by atoms with Crippen LogP contribution in [-0.2, 0) is 9.59 Å². The van der Waals surface area contributed by atoms with E-state index >= 15 is 0 Å². The number of hydrogen-bond acceptors (Lipinski definition) is 4. The highest BCUT2D eigenvalue weighted by atomic mass is 32.1. The van der Waals surface area contributed by atoms with Gasteiger partial charge in [-0.3, -0.25) is 9.59 Å². The van der Waals surface area contributed by atoms with Gasteiger partial charge in [0.25, 0.3) is 11.8 Å². The third-order valence-corrected chi connectivity index (χ3v) is 4.87. The average Bonchev–Trinajstić information content (AvgIpc) is 3.25. The van der Waals surface area contributed by atoms with Crippen molar-refractivity contribution >= 4 is 40.1 Å². The number of rotatable bonds is 4. The highest BCUT2D eigenvalue weighted by Crippen LogP contribution is 2.35. The summed E-state index contributed by atoms with van der Waals surface area (Å²) >= 11 is 1.38. The minimum Gasteiger partial charge on any atom is -0.350 e. The molecule has 0 atom stereocenters. The zero-order chi connectivity index (χ0) is 18.1. The molecule has 4 nitrogen and oxygen atoms in total. The Morgan fingerprint density at radius 3 is 2.23 bits per heavy atom. The first-order chi connectivity index (χ1) is 12.6. The Labute approximate surface area is 153 Å². The Morgan fingerprint density at radius 1 is 0.846 bits per heavy atom. The van der Waals surface area contributed by atoms with E-state index < -0.39 is 17.6 Å². The Hall–Kier alpha value is -3.25. The van der Waals surface area contributed by atoms with Crippen LogP contribution in [0.4, 0.5) is 15.8 Å². The average molecular weight is 364 g/mol. The number of thiophene rings is 1. The molecule has 0 radical (unpaired) electrons. The molecule has 0 saturated carbocycles. The first kappa shape index (κ1) is 16.2. The van der Waals surface area contributed by atoms with Gasteiger partial charge in [0.05, 0.1) is 11.3 Å². The number of imide groups is 1. The van der Waals surface area contributed by atoms with Gasteiger partial charge in [0, 0.05) is 10.6 Å². The summed E-state index contributed by atoms with van der Waals surface area (Å²) in [6.45, 7) is 0. The van der Waals surface area contributed by atoms with Crippen molar-refractivity contribution in [1.82, 2.24) is 0 Å². The molecule has 6 heteroatoms. The van der Waals surface area contributed by atoms with Gasteiger partial charge in [0.15, 0.2) is 0 Å². The zero-order valence-electron chi connectivity index (χ0n) is 13.5. The van der Waals surface area contributed by atoms with Gasteiger partial charge in [-0.2, -0.15) is 0 Å². The Kier molecular flexibility index (Phi) is 4.10. The maximum Gasteiger partial charge on any atom is 0.282 e. The van der Waals surface area contributed by atoms with E-state index in [-0.39, 0.29) is 5.70 Å². The van der Waals surface area contributed by atoms with Crippen molar-refractivity contribution in [3.63, 3.8) is 0 Å². The van der Waals surface area contributed by atoms with Crippen LogP contribution in [-0.4, -0.2) is 11.8 Å². The fraction of sp³-hybridized carbons (Fsp3) is 0. The molecule has 0 spiro atoms. The molecule has 1 aromatic heterocycles. The number of hydrogen-bond donors (Lipinski definition) is 1. The summed E-state index contributed by atoms with van der Waals surface area (Å²) < 4.78 is 13.2. The quantitative estimate of drug-likeness (QED) is 0.703. The summed E-state index contributed by atoms with van der Waals surface area (Å²) in [5.41, 5.74) is 1.57. The van der Waals surface area contributed by atoms with Gasteiger partial charge in [-0.1, -0.05) is 24.3 Å². The van der Waals surface area contributed by atoms with Crippen LogP contribution >= 0.6 is 11.3 Å². The lowest BCUT2D eigenvalue weighted by Crippen LogP contribution is -2.32. The van der Waals surface area contributed by atoms with Gasteiger partial charge in [-0.25, -0.2) is 9.29 Å². The van der Waals surface area contributed by atoms with Crippen LogP contribution < -0.4 is 10.2 Å². The molecule has 2 heterocycles. The third-order valence-electron chi connectivity index (χ3n) is 3.98. The van der Waals surface area contributed by atoms with E-state index in [4.69, 9.17) is 0 Å². The van der Waals surface area contributed by atoms with E-state index in [1.807, 2.05) is 41.8 Å². The topological polar surface area (TPSA) is 49.4 Å². The molecule has 0 saturated heterocycles. The van der Waals surface area contributed by atoms with E-state index in [0.29, 0.717) is 21.8 Å². The fourth-order valence-electron chi connectivity index (χ4n) is 2.79. The first-order valence-corrected chi connectivity index (χ1v) is 8.77. The predicted octanol–water partition coefficient (Wildman–Crippen LogP) is 4.28.